The molecule has 13 heavy (non-hydrogen) atoms. The van der Waals surface area contributed by atoms with E-state index in [0.29, 0.717) is 5.82 Å². The summed E-state index contributed by atoms with van der Waals surface area (Å²) in [6.45, 7) is 3.79. The number of aliphatic hydroxyl groups is 1. The number of anilines is 1. The quantitative estimate of drug-likeness (QED) is 0.723. The highest BCUT2D eigenvalue weighted by Crippen LogP contribution is 2.13. The summed E-state index contributed by atoms with van der Waals surface area (Å²) >= 11 is 5.62. The lowest BCUT2D eigenvalue weighted by Gasteiger charge is -2.12. The molecule has 1 aromatic heterocycles. The van der Waals surface area contributed by atoms with Crippen LogP contribution in [0.5, 0.6) is 0 Å². The van der Waals surface area contributed by atoms with E-state index in [9.17, 15) is 0 Å². The van der Waals surface area contributed by atoms with E-state index in [1.165, 1.54) is 0 Å². The van der Waals surface area contributed by atoms with E-state index >= 15 is 0 Å². The second kappa shape index (κ2) is 4.39. The van der Waals surface area contributed by atoms with Crippen molar-refractivity contribution in [2.24, 2.45) is 0 Å². The highest BCUT2D eigenvalue weighted by Gasteiger charge is 2.05. The Hall–Kier alpha value is -0.870. The molecule has 0 aromatic carbocycles. The standard InChI is InChI=1S/C8H12ClN3O/c1-5-3-10-8(9)12-7(5)11-6(2)4-13/h3,6,13H,4H2,1-2H3,(H,10,11,12)/t6-/m1/s1. The van der Waals surface area contributed by atoms with Crippen LogP contribution >= 0.6 is 11.6 Å². The van der Waals surface area contributed by atoms with Gasteiger partial charge in [0, 0.05) is 17.8 Å². The smallest absolute Gasteiger partial charge is 0.224 e. The van der Waals surface area contributed by atoms with Crippen LogP contribution in [0.4, 0.5) is 5.82 Å². The van der Waals surface area contributed by atoms with E-state index in [1.807, 2.05) is 13.8 Å². The van der Waals surface area contributed by atoms with Gasteiger partial charge in [-0.05, 0) is 25.4 Å². The molecule has 0 saturated carbocycles. The first kappa shape index (κ1) is 10.2. The second-order valence-corrected chi connectivity index (χ2v) is 3.24. The van der Waals surface area contributed by atoms with Gasteiger partial charge in [0.25, 0.3) is 0 Å². The molecule has 1 heterocycles. The molecular formula is C8H12ClN3O. The molecule has 0 aliphatic heterocycles. The van der Waals surface area contributed by atoms with Crippen LogP contribution in [-0.2, 0) is 0 Å². The Kier molecular flexibility index (Phi) is 3.45. The van der Waals surface area contributed by atoms with Gasteiger partial charge in [-0.25, -0.2) is 9.97 Å². The van der Waals surface area contributed by atoms with Gasteiger partial charge in [0.15, 0.2) is 0 Å². The van der Waals surface area contributed by atoms with E-state index < -0.39 is 0 Å². The number of rotatable bonds is 3. The van der Waals surface area contributed by atoms with Crippen LogP contribution in [0.2, 0.25) is 5.28 Å². The molecule has 0 bridgehead atoms. The van der Waals surface area contributed by atoms with Gasteiger partial charge >= 0.3 is 0 Å². The number of aliphatic hydroxyl groups excluding tert-OH is 1. The molecule has 0 fully saturated rings. The number of aryl methyl sites for hydroxylation is 1. The average molecular weight is 202 g/mol. The Morgan fingerprint density at radius 1 is 1.69 bits per heavy atom. The number of nitrogens with one attached hydrogen (secondary N) is 1. The monoisotopic (exact) mass is 201 g/mol. The molecule has 0 spiro atoms. The van der Waals surface area contributed by atoms with Crippen molar-refractivity contribution in [3.05, 3.63) is 17.0 Å². The summed E-state index contributed by atoms with van der Waals surface area (Å²) in [6.07, 6.45) is 1.64. The Morgan fingerprint density at radius 3 is 3.00 bits per heavy atom. The maximum Gasteiger partial charge on any atom is 0.224 e. The van der Waals surface area contributed by atoms with E-state index in [0.717, 1.165) is 5.56 Å². The van der Waals surface area contributed by atoms with Gasteiger partial charge in [-0.2, -0.15) is 0 Å². The number of halogens is 1. The summed E-state index contributed by atoms with van der Waals surface area (Å²) in [5, 5.41) is 12.0. The van der Waals surface area contributed by atoms with Crippen molar-refractivity contribution < 1.29 is 5.11 Å². The molecule has 0 amide bonds. The van der Waals surface area contributed by atoms with Gasteiger partial charge in [0.2, 0.25) is 5.28 Å². The van der Waals surface area contributed by atoms with Crippen molar-refractivity contribution in [2.75, 3.05) is 11.9 Å². The molecule has 4 nitrogen and oxygen atoms in total. The van der Waals surface area contributed by atoms with Crippen LogP contribution in [0.1, 0.15) is 12.5 Å². The molecule has 1 atom stereocenters. The maximum atomic E-state index is 8.82. The largest absolute Gasteiger partial charge is 0.394 e. The maximum absolute atomic E-state index is 8.82. The Labute approximate surface area is 82.0 Å². The van der Waals surface area contributed by atoms with Crippen LogP contribution in [-0.4, -0.2) is 27.7 Å². The predicted molar refractivity (Wildman–Crippen MR) is 51.9 cm³/mol. The van der Waals surface area contributed by atoms with Crippen molar-refractivity contribution in [2.45, 2.75) is 19.9 Å². The minimum atomic E-state index is -0.0373. The number of nitrogens with zero attached hydrogens (tertiary/aromatic N) is 2. The highest BCUT2D eigenvalue weighted by molar-refractivity contribution is 6.28. The molecule has 5 heteroatoms. The zero-order chi connectivity index (χ0) is 9.84. The number of hydrogen-bond donors (Lipinski definition) is 2. The zero-order valence-electron chi connectivity index (χ0n) is 7.58. The van der Waals surface area contributed by atoms with Crippen molar-refractivity contribution in [3.63, 3.8) is 0 Å². The van der Waals surface area contributed by atoms with Crippen LogP contribution in [0, 0.1) is 6.92 Å². The normalized spacial score (nSPS) is 12.6. The van der Waals surface area contributed by atoms with Crippen molar-refractivity contribution >= 4 is 17.4 Å². The summed E-state index contributed by atoms with van der Waals surface area (Å²) < 4.78 is 0. The molecular weight excluding hydrogens is 190 g/mol. The van der Waals surface area contributed by atoms with Crippen molar-refractivity contribution in [3.8, 4) is 0 Å². The predicted octanol–water partition coefficient (Wildman–Crippen LogP) is 1.23. The minimum Gasteiger partial charge on any atom is -0.394 e. The fraction of sp³-hybridized carbons (Fsp3) is 0.500. The van der Waals surface area contributed by atoms with Crippen LogP contribution in [0.25, 0.3) is 0 Å². The molecule has 72 valence electrons. The van der Waals surface area contributed by atoms with Gasteiger partial charge < -0.3 is 10.4 Å². The Morgan fingerprint density at radius 2 is 2.38 bits per heavy atom. The lowest BCUT2D eigenvalue weighted by molar-refractivity contribution is 0.281. The third kappa shape index (κ3) is 2.82. The molecule has 0 unspecified atom stereocenters. The number of hydrogen-bond acceptors (Lipinski definition) is 4. The van der Waals surface area contributed by atoms with Crippen LogP contribution in [0.3, 0.4) is 0 Å². The first-order chi connectivity index (χ1) is 6.13. The van der Waals surface area contributed by atoms with E-state index in [1.54, 1.807) is 6.20 Å². The lowest BCUT2D eigenvalue weighted by Crippen LogP contribution is -2.20. The fourth-order valence-corrected chi connectivity index (χ4v) is 0.979. The molecule has 2 N–H and O–H groups in total. The van der Waals surface area contributed by atoms with E-state index in [4.69, 9.17) is 16.7 Å². The Balaban J connectivity index is 2.81. The fourth-order valence-electron chi connectivity index (χ4n) is 0.846. The topological polar surface area (TPSA) is 58.0 Å². The van der Waals surface area contributed by atoms with Gasteiger partial charge in [0.05, 0.1) is 6.61 Å². The summed E-state index contributed by atoms with van der Waals surface area (Å²) in [5.41, 5.74) is 0.907. The summed E-state index contributed by atoms with van der Waals surface area (Å²) in [4.78, 5) is 7.82. The molecule has 0 aliphatic rings. The summed E-state index contributed by atoms with van der Waals surface area (Å²) in [5.74, 6) is 0.668. The molecule has 1 aromatic rings. The molecule has 0 aliphatic carbocycles. The van der Waals surface area contributed by atoms with Crippen molar-refractivity contribution in [1.82, 2.24) is 9.97 Å². The summed E-state index contributed by atoms with van der Waals surface area (Å²) in [7, 11) is 0. The third-order valence-corrected chi connectivity index (χ3v) is 1.78. The first-order valence-corrected chi connectivity index (χ1v) is 4.38. The van der Waals surface area contributed by atoms with Gasteiger partial charge in [-0.3, -0.25) is 0 Å². The average Bonchev–Trinajstić information content (AvgIpc) is 2.11. The highest BCUT2D eigenvalue weighted by atomic mass is 35.5. The second-order valence-electron chi connectivity index (χ2n) is 2.90. The van der Waals surface area contributed by atoms with Crippen molar-refractivity contribution in [1.29, 1.82) is 0 Å². The van der Waals surface area contributed by atoms with E-state index in [2.05, 4.69) is 15.3 Å². The minimum absolute atomic E-state index is 0.0373. The van der Waals surface area contributed by atoms with Gasteiger partial charge in [-0.15, -0.1) is 0 Å². The first-order valence-electron chi connectivity index (χ1n) is 4.00. The van der Waals surface area contributed by atoms with Crippen LogP contribution in [0.15, 0.2) is 6.20 Å². The zero-order valence-corrected chi connectivity index (χ0v) is 8.34. The van der Waals surface area contributed by atoms with E-state index in [-0.39, 0.29) is 17.9 Å². The van der Waals surface area contributed by atoms with Gasteiger partial charge in [0.1, 0.15) is 5.82 Å². The third-order valence-electron chi connectivity index (χ3n) is 1.60. The summed E-state index contributed by atoms with van der Waals surface area (Å²) in [6, 6.07) is -0.0373. The Bertz CT molecular complexity index is 293. The van der Waals surface area contributed by atoms with Crippen LogP contribution < -0.4 is 5.32 Å². The number of aromatic nitrogens is 2. The molecule has 0 saturated heterocycles. The molecule has 0 radical (unpaired) electrons. The SMILES string of the molecule is Cc1cnc(Cl)nc1N[C@H](C)CO. The van der Waals surface area contributed by atoms with Gasteiger partial charge in [-0.1, -0.05) is 0 Å². The molecule has 1 rings (SSSR count). The lowest BCUT2D eigenvalue weighted by atomic mass is 10.3.